The average molecular weight is 224 g/mol. The molecule has 3 atom stereocenters. The average Bonchev–Trinajstić information content (AvgIpc) is 2.82. The smallest absolute Gasteiger partial charge is 0.0691 e. The zero-order valence-corrected chi connectivity index (χ0v) is 10.5. The van der Waals surface area contributed by atoms with Crippen molar-refractivity contribution >= 4 is 0 Å². The molecule has 0 spiro atoms. The summed E-state index contributed by atoms with van der Waals surface area (Å²) in [5, 5.41) is 3.53. The lowest BCUT2D eigenvalue weighted by molar-refractivity contribution is 0.151. The van der Waals surface area contributed by atoms with Crippen LogP contribution in [0.4, 0.5) is 0 Å². The van der Waals surface area contributed by atoms with Crippen LogP contribution >= 0.6 is 0 Å². The van der Waals surface area contributed by atoms with E-state index in [1.165, 1.54) is 0 Å². The van der Waals surface area contributed by atoms with Crippen molar-refractivity contribution in [3.63, 3.8) is 0 Å². The van der Waals surface area contributed by atoms with Crippen LogP contribution in [0.3, 0.4) is 0 Å². The molecular formula is C13H24N2O. The van der Waals surface area contributed by atoms with Crippen LogP contribution in [-0.4, -0.2) is 31.3 Å². The van der Waals surface area contributed by atoms with Crippen LogP contribution in [0.1, 0.15) is 33.1 Å². The molecule has 0 amide bonds. The first-order valence-corrected chi connectivity index (χ1v) is 6.18. The molecule has 3 N–H and O–H groups in total. The predicted octanol–water partition coefficient (Wildman–Crippen LogP) is 1.13. The van der Waals surface area contributed by atoms with Gasteiger partial charge in [0.2, 0.25) is 0 Å². The number of nitrogens with one attached hydrogen (secondary N) is 1. The summed E-state index contributed by atoms with van der Waals surface area (Å²) in [5.74, 6) is 3.29. The van der Waals surface area contributed by atoms with E-state index >= 15 is 0 Å². The van der Waals surface area contributed by atoms with Crippen LogP contribution in [0.2, 0.25) is 0 Å². The first kappa shape index (κ1) is 13.5. The van der Waals surface area contributed by atoms with E-state index in [0.717, 1.165) is 32.5 Å². The molecule has 1 heterocycles. The summed E-state index contributed by atoms with van der Waals surface area (Å²) in [5.41, 5.74) is 5.80. The molecule has 0 bridgehead atoms. The van der Waals surface area contributed by atoms with Crippen LogP contribution in [0, 0.1) is 18.3 Å². The zero-order valence-electron chi connectivity index (χ0n) is 10.5. The van der Waals surface area contributed by atoms with Gasteiger partial charge in [0.15, 0.2) is 0 Å². The molecule has 1 aliphatic rings. The van der Waals surface area contributed by atoms with E-state index in [9.17, 15) is 0 Å². The topological polar surface area (TPSA) is 47.3 Å². The van der Waals surface area contributed by atoms with Gasteiger partial charge in [0.1, 0.15) is 0 Å². The Hall–Kier alpha value is -0.560. The molecule has 3 heteroatoms. The fraction of sp³-hybridized carbons (Fsp3) is 0.846. The van der Waals surface area contributed by atoms with E-state index < -0.39 is 0 Å². The molecular weight excluding hydrogens is 200 g/mol. The van der Waals surface area contributed by atoms with Crippen molar-refractivity contribution in [2.75, 3.05) is 19.8 Å². The van der Waals surface area contributed by atoms with Crippen molar-refractivity contribution in [1.82, 2.24) is 5.32 Å². The second kappa shape index (κ2) is 6.24. The number of terminal acetylenes is 1. The van der Waals surface area contributed by atoms with Crippen molar-refractivity contribution in [3.8, 4) is 12.3 Å². The Morgan fingerprint density at radius 3 is 2.88 bits per heavy atom. The molecule has 92 valence electrons. The highest BCUT2D eigenvalue weighted by Gasteiger charge is 2.36. The quantitative estimate of drug-likeness (QED) is 0.665. The molecule has 16 heavy (non-hydrogen) atoms. The van der Waals surface area contributed by atoms with Gasteiger partial charge in [-0.25, -0.2) is 0 Å². The van der Waals surface area contributed by atoms with Gasteiger partial charge in [-0.05, 0) is 19.8 Å². The van der Waals surface area contributed by atoms with E-state index in [0.29, 0.717) is 12.5 Å². The van der Waals surface area contributed by atoms with Crippen molar-refractivity contribution in [2.45, 2.75) is 44.7 Å². The minimum absolute atomic E-state index is 0.0945. The van der Waals surface area contributed by atoms with E-state index in [1.807, 2.05) is 0 Å². The first-order valence-electron chi connectivity index (χ1n) is 6.18. The van der Waals surface area contributed by atoms with Crippen LogP contribution < -0.4 is 11.1 Å². The van der Waals surface area contributed by atoms with E-state index in [2.05, 4.69) is 25.1 Å². The maximum Gasteiger partial charge on any atom is 0.0691 e. The molecule has 0 saturated carbocycles. The number of hydrogen-bond acceptors (Lipinski definition) is 3. The molecule has 0 aromatic heterocycles. The maximum absolute atomic E-state index is 5.90. The van der Waals surface area contributed by atoms with Crippen LogP contribution in [0.25, 0.3) is 0 Å². The van der Waals surface area contributed by atoms with Gasteiger partial charge in [0.25, 0.3) is 0 Å². The summed E-state index contributed by atoms with van der Waals surface area (Å²) in [4.78, 5) is 0. The van der Waals surface area contributed by atoms with Gasteiger partial charge < -0.3 is 10.5 Å². The van der Waals surface area contributed by atoms with Gasteiger partial charge in [-0.2, -0.15) is 0 Å². The third-order valence-electron chi connectivity index (χ3n) is 3.54. The summed E-state index contributed by atoms with van der Waals surface area (Å²) >= 11 is 0. The molecule has 0 aromatic rings. The SMILES string of the molecule is C#CC(CCC)NC(C)(CN)C1CCOC1. The summed E-state index contributed by atoms with van der Waals surface area (Å²) in [6.07, 6.45) is 8.70. The first-order chi connectivity index (χ1) is 7.66. The summed E-state index contributed by atoms with van der Waals surface area (Å²) in [6.45, 7) is 6.54. The lowest BCUT2D eigenvalue weighted by Gasteiger charge is -2.37. The third-order valence-corrected chi connectivity index (χ3v) is 3.54. The number of rotatable bonds is 6. The standard InChI is InChI=1S/C13H24N2O/c1-4-6-12(5-2)15-13(3,10-14)11-7-8-16-9-11/h2,11-12,15H,4,6-10,14H2,1,3H3. The molecule has 0 radical (unpaired) electrons. The van der Waals surface area contributed by atoms with Gasteiger partial charge >= 0.3 is 0 Å². The third kappa shape index (κ3) is 3.21. The zero-order chi connectivity index (χ0) is 12.0. The summed E-state index contributed by atoms with van der Waals surface area (Å²) in [6, 6.07) is 0.124. The Morgan fingerprint density at radius 2 is 2.44 bits per heavy atom. The maximum atomic E-state index is 5.90. The van der Waals surface area contributed by atoms with Crippen LogP contribution in [0.15, 0.2) is 0 Å². The Kier molecular flexibility index (Phi) is 5.27. The van der Waals surface area contributed by atoms with Gasteiger partial charge in [-0.15, -0.1) is 6.42 Å². The molecule has 0 aromatic carbocycles. The lowest BCUT2D eigenvalue weighted by Crippen LogP contribution is -2.57. The Labute approximate surface area is 99.1 Å². The van der Waals surface area contributed by atoms with Crippen LogP contribution in [0.5, 0.6) is 0 Å². The number of ether oxygens (including phenoxy) is 1. The monoisotopic (exact) mass is 224 g/mol. The molecule has 1 fully saturated rings. The molecule has 1 aliphatic heterocycles. The molecule has 1 saturated heterocycles. The summed E-state index contributed by atoms with van der Waals surface area (Å²) < 4.78 is 5.43. The summed E-state index contributed by atoms with van der Waals surface area (Å²) in [7, 11) is 0. The Balaban J connectivity index is 2.60. The van der Waals surface area contributed by atoms with Crippen LogP contribution in [-0.2, 0) is 4.74 Å². The largest absolute Gasteiger partial charge is 0.381 e. The second-order valence-electron chi connectivity index (χ2n) is 4.83. The van der Waals surface area contributed by atoms with Gasteiger partial charge in [-0.1, -0.05) is 19.3 Å². The fourth-order valence-corrected chi connectivity index (χ4v) is 2.26. The highest BCUT2D eigenvalue weighted by Crippen LogP contribution is 2.25. The molecule has 3 unspecified atom stereocenters. The number of nitrogens with two attached hydrogens (primary N) is 1. The fourth-order valence-electron chi connectivity index (χ4n) is 2.26. The molecule has 0 aliphatic carbocycles. The Morgan fingerprint density at radius 1 is 1.69 bits per heavy atom. The normalized spacial score (nSPS) is 26.0. The van der Waals surface area contributed by atoms with Crippen molar-refractivity contribution < 1.29 is 4.74 Å². The van der Waals surface area contributed by atoms with Gasteiger partial charge in [0, 0.05) is 24.6 Å². The second-order valence-corrected chi connectivity index (χ2v) is 4.83. The Bertz CT molecular complexity index is 243. The van der Waals surface area contributed by atoms with E-state index in [4.69, 9.17) is 16.9 Å². The highest BCUT2D eigenvalue weighted by atomic mass is 16.5. The van der Waals surface area contributed by atoms with Crippen molar-refractivity contribution in [1.29, 1.82) is 0 Å². The minimum Gasteiger partial charge on any atom is -0.381 e. The van der Waals surface area contributed by atoms with Crippen molar-refractivity contribution in [3.05, 3.63) is 0 Å². The van der Waals surface area contributed by atoms with Gasteiger partial charge in [-0.3, -0.25) is 5.32 Å². The predicted molar refractivity (Wildman–Crippen MR) is 67.1 cm³/mol. The molecule has 3 nitrogen and oxygen atoms in total. The highest BCUT2D eigenvalue weighted by molar-refractivity contribution is 5.04. The minimum atomic E-state index is -0.0945. The van der Waals surface area contributed by atoms with E-state index in [1.54, 1.807) is 0 Å². The lowest BCUT2D eigenvalue weighted by atomic mass is 9.84. The van der Waals surface area contributed by atoms with Crippen molar-refractivity contribution in [2.24, 2.45) is 11.7 Å². The van der Waals surface area contributed by atoms with E-state index in [-0.39, 0.29) is 11.6 Å². The number of hydrogen-bond donors (Lipinski definition) is 2. The molecule has 1 rings (SSSR count). The van der Waals surface area contributed by atoms with Gasteiger partial charge in [0.05, 0.1) is 12.6 Å².